The van der Waals surface area contributed by atoms with Crippen molar-refractivity contribution in [3.05, 3.63) is 98.4 Å². The number of carboxylic acids is 1. The molecule has 194 valence electrons. The van der Waals surface area contributed by atoms with Gasteiger partial charge in [-0.25, -0.2) is 9.59 Å². The first-order valence-electron chi connectivity index (χ1n) is 11.4. The van der Waals surface area contributed by atoms with E-state index < -0.39 is 12.1 Å². The van der Waals surface area contributed by atoms with Crippen molar-refractivity contribution in [2.24, 2.45) is 5.16 Å². The van der Waals surface area contributed by atoms with Gasteiger partial charge >= 0.3 is 12.1 Å². The number of nitrogens with zero attached hydrogens (tertiary/aromatic N) is 1. The second kappa shape index (κ2) is 15.0. The number of hydrogen-bond acceptors (Lipinski definition) is 6. The molecule has 0 radical (unpaired) electrons. The molecule has 3 rings (SSSR count). The normalized spacial score (nSPS) is 11.0. The van der Waals surface area contributed by atoms with Crippen molar-refractivity contribution in [2.45, 2.75) is 26.1 Å². The van der Waals surface area contributed by atoms with Crippen LogP contribution in [0.5, 0.6) is 5.75 Å². The number of rotatable bonds is 13. The molecule has 8 nitrogen and oxygen atoms in total. The minimum atomic E-state index is -1.16. The van der Waals surface area contributed by atoms with E-state index in [1.54, 1.807) is 12.1 Å². The van der Waals surface area contributed by atoms with Gasteiger partial charge in [-0.2, -0.15) is 0 Å². The zero-order valence-electron chi connectivity index (χ0n) is 19.9. The summed E-state index contributed by atoms with van der Waals surface area (Å²) in [6.07, 6.45) is 0.144. The van der Waals surface area contributed by atoms with Crippen molar-refractivity contribution >= 4 is 49.6 Å². The molecule has 0 aromatic heterocycles. The van der Waals surface area contributed by atoms with Gasteiger partial charge in [-0.1, -0.05) is 65.8 Å². The Morgan fingerprint density at radius 2 is 1.46 bits per heavy atom. The molecule has 0 aliphatic rings. The van der Waals surface area contributed by atoms with Crippen LogP contribution in [0.1, 0.15) is 23.1 Å². The highest BCUT2D eigenvalue weighted by Crippen LogP contribution is 2.35. The van der Waals surface area contributed by atoms with Gasteiger partial charge in [0.2, 0.25) is 0 Å². The molecule has 0 heterocycles. The summed E-state index contributed by atoms with van der Waals surface area (Å²) in [4.78, 5) is 28.7. The van der Waals surface area contributed by atoms with Crippen molar-refractivity contribution in [2.75, 3.05) is 13.2 Å². The minimum Gasteiger partial charge on any atom is -0.491 e. The maximum Gasteiger partial charge on any atom is 0.407 e. The monoisotopic (exact) mass is 632 g/mol. The van der Waals surface area contributed by atoms with Gasteiger partial charge in [-0.15, -0.1) is 0 Å². The van der Waals surface area contributed by atoms with E-state index in [1.807, 2.05) is 60.7 Å². The van der Waals surface area contributed by atoms with E-state index in [2.05, 4.69) is 42.3 Å². The van der Waals surface area contributed by atoms with Crippen molar-refractivity contribution in [3.63, 3.8) is 0 Å². The molecule has 3 aromatic rings. The Morgan fingerprint density at radius 3 is 2.05 bits per heavy atom. The highest BCUT2D eigenvalue weighted by molar-refractivity contribution is 9.11. The Kier molecular flexibility index (Phi) is 11.4. The molecule has 0 spiro atoms. The zero-order valence-corrected chi connectivity index (χ0v) is 23.0. The summed E-state index contributed by atoms with van der Waals surface area (Å²) in [5.74, 6) is -0.583. The van der Waals surface area contributed by atoms with Gasteiger partial charge in [0.15, 0.2) is 5.71 Å². The molecule has 0 atom stereocenters. The van der Waals surface area contributed by atoms with Crippen molar-refractivity contribution < 1.29 is 29.0 Å². The average molecular weight is 634 g/mol. The summed E-state index contributed by atoms with van der Waals surface area (Å²) in [6.45, 7) is 1.13. The largest absolute Gasteiger partial charge is 0.491 e. The number of aliphatic carboxylic acids is 1. The second-order valence-electron chi connectivity index (χ2n) is 7.86. The maximum atomic E-state index is 11.8. The molecule has 10 heteroatoms. The summed E-state index contributed by atoms with van der Waals surface area (Å²) < 4.78 is 12.3. The standard InChI is InChI=1S/C27H26Br2N2O6/c28-22-14-21(16-24(26(32)33)31-37-18-20-10-5-2-6-11-20)15-23(29)25(22)35-13-7-12-30-27(34)36-17-19-8-3-1-4-9-19/h1-6,8-11,14-15H,7,12-13,16-18H2,(H,30,34)(H,32,33)/b31-24+. The van der Waals surface area contributed by atoms with E-state index in [1.165, 1.54) is 0 Å². The molecule has 1 amide bonds. The van der Waals surface area contributed by atoms with Gasteiger partial charge in [0.1, 0.15) is 19.0 Å². The summed E-state index contributed by atoms with van der Waals surface area (Å²) in [6, 6.07) is 22.4. The molecule has 0 fully saturated rings. The van der Waals surface area contributed by atoms with Gasteiger partial charge in [-0.3, -0.25) is 0 Å². The fourth-order valence-electron chi connectivity index (χ4n) is 3.16. The van der Waals surface area contributed by atoms with Crippen LogP contribution in [0.15, 0.2) is 86.9 Å². The third-order valence-electron chi connectivity index (χ3n) is 4.97. The van der Waals surface area contributed by atoms with E-state index in [0.717, 1.165) is 11.1 Å². The van der Waals surface area contributed by atoms with Gasteiger partial charge in [0, 0.05) is 13.0 Å². The third kappa shape index (κ3) is 9.89. The van der Waals surface area contributed by atoms with Crippen molar-refractivity contribution in [1.82, 2.24) is 5.32 Å². The highest BCUT2D eigenvalue weighted by Gasteiger charge is 2.15. The summed E-state index contributed by atoms with van der Waals surface area (Å²) >= 11 is 6.96. The quantitative estimate of drug-likeness (QED) is 0.134. The lowest BCUT2D eigenvalue weighted by atomic mass is 10.1. The van der Waals surface area contributed by atoms with Gasteiger partial charge in [0.25, 0.3) is 0 Å². The van der Waals surface area contributed by atoms with Crippen LogP contribution in [0.3, 0.4) is 0 Å². The van der Waals surface area contributed by atoms with Crippen LogP contribution in [-0.2, 0) is 34.0 Å². The summed E-state index contributed by atoms with van der Waals surface area (Å²) in [7, 11) is 0. The van der Waals surface area contributed by atoms with Crippen LogP contribution in [0.4, 0.5) is 4.79 Å². The molecule has 0 unspecified atom stereocenters. The first-order valence-corrected chi connectivity index (χ1v) is 13.0. The molecule has 2 N–H and O–H groups in total. The Labute approximate surface area is 231 Å². The Morgan fingerprint density at radius 1 is 0.865 bits per heavy atom. The van der Waals surface area contributed by atoms with Crippen LogP contribution in [0, 0.1) is 0 Å². The molecule has 0 aliphatic carbocycles. The number of carbonyl (C=O) groups is 2. The molecule has 0 aliphatic heterocycles. The molecule has 37 heavy (non-hydrogen) atoms. The van der Waals surface area contributed by atoms with Crippen LogP contribution < -0.4 is 10.1 Å². The molecular formula is C27H26Br2N2O6. The fraction of sp³-hybridized carbons (Fsp3) is 0.222. The number of benzene rings is 3. The number of alkyl carbamates (subject to hydrolysis) is 1. The summed E-state index contributed by atoms with van der Waals surface area (Å²) in [5.41, 5.74) is 2.40. The second-order valence-corrected chi connectivity index (χ2v) is 9.57. The fourth-order valence-corrected chi connectivity index (χ4v) is 4.67. The average Bonchev–Trinajstić information content (AvgIpc) is 2.89. The number of nitrogens with one attached hydrogen (secondary N) is 1. The van der Waals surface area contributed by atoms with Crippen LogP contribution in [-0.4, -0.2) is 36.0 Å². The summed E-state index contributed by atoms with van der Waals surface area (Å²) in [5, 5.41) is 16.0. The van der Waals surface area contributed by atoms with Gasteiger partial charge < -0.3 is 24.7 Å². The van der Waals surface area contributed by atoms with Gasteiger partial charge in [-0.05, 0) is 67.1 Å². The van der Waals surface area contributed by atoms with Crippen LogP contribution in [0.25, 0.3) is 0 Å². The van der Waals surface area contributed by atoms with E-state index in [4.69, 9.17) is 14.3 Å². The number of hydrogen-bond donors (Lipinski definition) is 2. The smallest absolute Gasteiger partial charge is 0.407 e. The Bertz CT molecular complexity index is 1180. The maximum absolute atomic E-state index is 11.8. The molecule has 0 saturated carbocycles. The SMILES string of the molecule is O=C(NCCCOc1c(Br)cc(C/C(=N\OCc2ccccc2)C(=O)O)cc1Br)OCc1ccccc1. The number of oxime groups is 1. The topological polar surface area (TPSA) is 106 Å². The first-order chi connectivity index (χ1) is 17.9. The number of carbonyl (C=O) groups excluding carboxylic acids is 1. The lowest BCUT2D eigenvalue weighted by Gasteiger charge is -2.13. The zero-order chi connectivity index (χ0) is 26.5. The number of amides is 1. The molecule has 3 aromatic carbocycles. The first kappa shape index (κ1) is 28.2. The minimum absolute atomic E-state index is 0.0661. The van der Waals surface area contributed by atoms with E-state index in [9.17, 15) is 14.7 Å². The number of carboxylic acid groups (broad SMARTS) is 1. The number of ether oxygens (including phenoxy) is 2. The molecule has 0 bridgehead atoms. The lowest BCUT2D eigenvalue weighted by molar-refractivity contribution is -0.129. The predicted octanol–water partition coefficient (Wildman–Crippen LogP) is 6.11. The number of halogens is 2. The predicted molar refractivity (Wildman–Crippen MR) is 147 cm³/mol. The van der Waals surface area contributed by atoms with E-state index in [0.29, 0.717) is 39.8 Å². The Balaban J connectivity index is 1.44. The van der Waals surface area contributed by atoms with Crippen molar-refractivity contribution in [1.29, 1.82) is 0 Å². The van der Waals surface area contributed by atoms with E-state index >= 15 is 0 Å². The Hall–Kier alpha value is -3.37. The van der Waals surface area contributed by atoms with Gasteiger partial charge in [0.05, 0.1) is 15.6 Å². The molecular weight excluding hydrogens is 608 g/mol. The van der Waals surface area contributed by atoms with Crippen molar-refractivity contribution in [3.8, 4) is 5.75 Å². The third-order valence-corrected chi connectivity index (χ3v) is 6.15. The van der Waals surface area contributed by atoms with Crippen LogP contribution in [0.2, 0.25) is 0 Å². The van der Waals surface area contributed by atoms with E-state index in [-0.39, 0.29) is 25.3 Å². The highest BCUT2D eigenvalue weighted by atomic mass is 79.9. The van der Waals surface area contributed by atoms with Crippen LogP contribution >= 0.6 is 31.9 Å². The lowest BCUT2D eigenvalue weighted by Crippen LogP contribution is -2.26. The molecule has 0 saturated heterocycles.